The van der Waals surface area contributed by atoms with Gasteiger partial charge in [-0.3, -0.25) is 4.68 Å². The number of aryl methyl sites for hydroxylation is 3. The summed E-state index contributed by atoms with van der Waals surface area (Å²) in [5.41, 5.74) is 6.74. The summed E-state index contributed by atoms with van der Waals surface area (Å²) >= 11 is 0. The Morgan fingerprint density at radius 1 is 1.25 bits per heavy atom. The molecule has 1 heterocycles. The molecule has 3 nitrogen and oxygen atoms in total. The highest BCUT2D eigenvalue weighted by Crippen LogP contribution is 2.30. The van der Waals surface area contributed by atoms with Crippen molar-refractivity contribution in [2.24, 2.45) is 7.05 Å². The van der Waals surface area contributed by atoms with Crippen molar-refractivity contribution in [2.45, 2.75) is 45.6 Å². The molecule has 20 heavy (non-hydrogen) atoms. The highest BCUT2D eigenvalue weighted by molar-refractivity contribution is 5.56. The van der Waals surface area contributed by atoms with Gasteiger partial charge >= 0.3 is 0 Å². The SMILES string of the molecule is Cc1nn(C)cc1C(C)Nc1cccc2c1CCCC2. The molecule has 106 valence electrons. The number of fused-ring (bicyclic) bond motifs is 1. The van der Waals surface area contributed by atoms with E-state index < -0.39 is 0 Å². The van der Waals surface area contributed by atoms with Crippen LogP contribution in [0.25, 0.3) is 0 Å². The van der Waals surface area contributed by atoms with Crippen LogP contribution in [-0.4, -0.2) is 9.78 Å². The number of anilines is 1. The van der Waals surface area contributed by atoms with Crippen molar-refractivity contribution in [1.82, 2.24) is 9.78 Å². The Hall–Kier alpha value is -1.77. The van der Waals surface area contributed by atoms with E-state index in [4.69, 9.17) is 0 Å². The number of hydrogen-bond acceptors (Lipinski definition) is 2. The van der Waals surface area contributed by atoms with Crippen LogP contribution in [0.3, 0.4) is 0 Å². The predicted molar refractivity (Wildman–Crippen MR) is 83.1 cm³/mol. The Labute approximate surface area is 121 Å². The molecule has 1 atom stereocenters. The van der Waals surface area contributed by atoms with Crippen LogP contribution in [0, 0.1) is 6.92 Å². The molecule has 0 bridgehead atoms. The second-order valence-electron chi connectivity index (χ2n) is 5.86. The Morgan fingerprint density at radius 2 is 2.05 bits per heavy atom. The summed E-state index contributed by atoms with van der Waals surface area (Å²) in [5, 5.41) is 8.13. The molecule has 1 aromatic carbocycles. The normalized spacial score (nSPS) is 15.8. The first-order valence-corrected chi connectivity index (χ1v) is 7.52. The second kappa shape index (κ2) is 5.31. The Kier molecular flexibility index (Phi) is 3.51. The van der Waals surface area contributed by atoms with Gasteiger partial charge in [-0.05, 0) is 56.7 Å². The molecule has 1 unspecified atom stereocenters. The van der Waals surface area contributed by atoms with Crippen LogP contribution >= 0.6 is 0 Å². The highest BCUT2D eigenvalue weighted by Gasteiger charge is 2.16. The topological polar surface area (TPSA) is 29.9 Å². The Bertz CT molecular complexity index is 613. The van der Waals surface area contributed by atoms with Gasteiger partial charge in [0.25, 0.3) is 0 Å². The van der Waals surface area contributed by atoms with E-state index in [0.717, 1.165) is 5.69 Å². The van der Waals surface area contributed by atoms with E-state index in [-0.39, 0.29) is 6.04 Å². The van der Waals surface area contributed by atoms with Gasteiger partial charge in [-0.1, -0.05) is 12.1 Å². The zero-order valence-corrected chi connectivity index (χ0v) is 12.6. The number of nitrogens with one attached hydrogen (secondary N) is 1. The van der Waals surface area contributed by atoms with Crippen molar-refractivity contribution in [3.8, 4) is 0 Å². The van der Waals surface area contributed by atoms with Crippen LogP contribution in [0.2, 0.25) is 0 Å². The lowest BCUT2D eigenvalue weighted by atomic mass is 9.90. The first-order valence-electron chi connectivity index (χ1n) is 7.52. The van der Waals surface area contributed by atoms with Crippen LogP contribution < -0.4 is 5.32 Å². The minimum absolute atomic E-state index is 0.289. The molecule has 0 spiro atoms. The molecular weight excluding hydrogens is 246 g/mol. The van der Waals surface area contributed by atoms with Crippen molar-refractivity contribution in [1.29, 1.82) is 0 Å². The summed E-state index contributed by atoms with van der Waals surface area (Å²) in [5.74, 6) is 0. The molecule has 0 saturated heterocycles. The lowest BCUT2D eigenvalue weighted by Gasteiger charge is -2.23. The Morgan fingerprint density at radius 3 is 2.80 bits per heavy atom. The van der Waals surface area contributed by atoms with Gasteiger partial charge in [0.1, 0.15) is 0 Å². The first kappa shape index (κ1) is 13.2. The zero-order valence-electron chi connectivity index (χ0n) is 12.6. The van der Waals surface area contributed by atoms with Gasteiger partial charge in [-0.25, -0.2) is 0 Å². The fraction of sp³-hybridized carbons (Fsp3) is 0.471. The minimum atomic E-state index is 0.289. The third-order valence-corrected chi connectivity index (χ3v) is 4.29. The number of nitrogens with zero attached hydrogens (tertiary/aromatic N) is 2. The van der Waals surface area contributed by atoms with Crippen LogP contribution in [0.4, 0.5) is 5.69 Å². The summed E-state index contributed by atoms with van der Waals surface area (Å²) < 4.78 is 1.89. The number of aromatic nitrogens is 2. The summed E-state index contributed by atoms with van der Waals surface area (Å²) in [6, 6.07) is 6.96. The predicted octanol–water partition coefficient (Wildman–Crippen LogP) is 3.78. The number of rotatable bonds is 3. The minimum Gasteiger partial charge on any atom is -0.378 e. The van der Waals surface area contributed by atoms with Gasteiger partial charge in [0, 0.05) is 24.5 Å². The molecule has 3 rings (SSSR count). The average Bonchev–Trinajstić information content (AvgIpc) is 2.78. The van der Waals surface area contributed by atoms with Gasteiger partial charge in [0.15, 0.2) is 0 Å². The summed E-state index contributed by atoms with van der Waals surface area (Å²) in [7, 11) is 1.98. The van der Waals surface area contributed by atoms with Gasteiger partial charge in [-0.15, -0.1) is 0 Å². The van der Waals surface area contributed by atoms with Gasteiger partial charge in [-0.2, -0.15) is 5.10 Å². The molecular formula is C17H23N3. The van der Waals surface area contributed by atoms with Crippen LogP contribution in [0.1, 0.15) is 48.2 Å². The lowest BCUT2D eigenvalue weighted by Crippen LogP contribution is -2.12. The molecule has 0 aliphatic heterocycles. The fourth-order valence-corrected chi connectivity index (χ4v) is 3.27. The van der Waals surface area contributed by atoms with Crippen LogP contribution in [0.15, 0.2) is 24.4 Å². The van der Waals surface area contributed by atoms with Crippen molar-refractivity contribution >= 4 is 5.69 Å². The smallest absolute Gasteiger partial charge is 0.0646 e. The third-order valence-electron chi connectivity index (χ3n) is 4.29. The van der Waals surface area contributed by atoms with E-state index in [2.05, 4.69) is 48.7 Å². The maximum atomic E-state index is 4.44. The summed E-state index contributed by atoms with van der Waals surface area (Å²) in [6.45, 7) is 4.29. The van der Waals surface area contributed by atoms with Crippen LogP contribution in [-0.2, 0) is 19.9 Å². The summed E-state index contributed by atoms with van der Waals surface area (Å²) in [6.07, 6.45) is 7.19. The first-order chi connectivity index (χ1) is 9.65. The molecule has 0 fully saturated rings. The fourth-order valence-electron chi connectivity index (χ4n) is 3.27. The quantitative estimate of drug-likeness (QED) is 0.919. The van der Waals surface area contributed by atoms with Crippen LogP contribution in [0.5, 0.6) is 0 Å². The maximum Gasteiger partial charge on any atom is 0.0646 e. The van der Waals surface area contributed by atoms with E-state index >= 15 is 0 Å². The standard InChI is InChI=1S/C17H23N3/c1-12(16-11-20(3)19-13(16)2)18-17-10-6-8-14-7-4-5-9-15(14)17/h6,8,10-12,18H,4-5,7,9H2,1-3H3. The Balaban J connectivity index is 1.86. The molecule has 1 N–H and O–H groups in total. The van der Waals surface area contributed by atoms with Crippen molar-refractivity contribution in [3.63, 3.8) is 0 Å². The van der Waals surface area contributed by atoms with Gasteiger partial charge in [0.05, 0.1) is 11.7 Å². The third kappa shape index (κ3) is 2.45. The maximum absolute atomic E-state index is 4.44. The van der Waals surface area contributed by atoms with E-state index in [9.17, 15) is 0 Å². The zero-order chi connectivity index (χ0) is 14.1. The number of benzene rings is 1. The molecule has 0 radical (unpaired) electrons. The molecule has 1 aromatic heterocycles. The molecule has 2 aromatic rings. The molecule has 1 aliphatic carbocycles. The van der Waals surface area contributed by atoms with Crippen molar-refractivity contribution in [2.75, 3.05) is 5.32 Å². The molecule has 3 heteroatoms. The second-order valence-corrected chi connectivity index (χ2v) is 5.86. The molecule has 0 saturated carbocycles. The van der Waals surface area contributed by atoms with Gasteiger partial charge in [0.2, 0.25) is 0 Å². The van der Waals surface area contributed by atoms with E-state index in [1.807, 2.05) is 11.7 Å². The van der Waals surface area contributed by atoms with E-state index in [1.165, 1.54) is 48.1 Å². The average molecular weight is 269 g/mol. The van der Waals surface area contributed by atoms with E-state index in [1.54, 1.807) is 0 Å². The lowest BCUT2D eigenvalue weighted by molar-refractivity contribution is 0.685. The van der Waals surface area contributed by atoms with Crippen molar-refractivity contribution in [3.05, 3.63) is 46.8 Å². The molecule has 1 aliphatic rings. The summed E-state index contributed by atoms with van der Waals surface area (Å²) in [4.78, 5) is 0. The monoisotopic (exact) mass is 269 g/mol. The van der Waals surface area contributed by atoms with E-state index in [0.29, 0.717) is 0 Å². The molecule has 0 amide bonds. The van der Waals surface area contributed by atoms with Crippen molar-refractivity contribution < 1.29 is 0 Å². The number of hydrogen-bond donors (Lipinski definition) is 1. The van der Waals surface area contributed by atoms with Gasteiger partial charge < -0.3 is 5.32 Å². The largest absolute Gasteiger partial charge is 0.378 e. The highest BCUT2D eigenvalue weighted by atomic mass is 15.3.